The van der Waals surface area contributed by atoms with Crippen LogP contribution in [0.4, 0.5) is 19.0 Å². The number of benzene rings is 1. The summed E-state index contributed by atoms with van der Waals surface area (Å²) in [6.07, 6.45) is -0.193. The highest BCUT2D eigenvalue weighted by Crippen LogP contribution is 2.32. The molecule has 0 fully saturated rings. The summed E-state index contributed by atoms with van der Waals surface area (Å²) in [4.78, 5) is 12.2. The Labute approximate surface area is 174 Å². The first kappa shape index (κ1) is 20.1. The van der Waals surface area contributed by atoms with E-state index in [9.17, 15) is 13.2 Å². The van der Waals surface area contributed by atoms with Gasteiger partial charge in [-0.1, -0.05) is 24.3 Å². The second-order valence-corrected chi connectivity index (χ2v) is 7.26. The number of alkyl halides is 3. The van der Waals surface area contributed by atoms with Crippen molar-refractivity contribution in [3.05, 3.63) is 59.4 Å². The van der Waals surface area contributed by atoms with Gasteiger partial charge in [-0.25, -0.2) is 14.5 Å². The molecular weight excluding hydrogens is 419 g/mol. The van der Waals surface area contributed by atoms with Crippen LogP contribution < -0.4 is 5.32 Å². The Balaban J connectivity index is 1.56. The molecule has 0 radical (unpaired) electrons. The summed E-state index contributed by atoms with van der Waals surface area (Å²) in [6.45, 7) is 4.04. The van der Waals surface area contributed by atoms with Crippen LogP contribution in [0.2, 0.25) is 5.28 Å². The largest absolute Gasteiger partial charge is 0.434 e. The minimum Gasteiger partial charge on any atom is -0.363 e. The zero-order valence-corrected chi connectivity index (χ0v) is 16.8. The maximum atomic E-state index is 13.1. The van der Waals surface area contributed by atoms with E-state index in [1.807, 2.05) is 26.0 Å². The maximum absolute atomic E-state index is 13.1. The van der Waals surface area contributed by atoms with Crippen LogP contribution in [0.5, 0.6) is 0 Å². The highest BCUT2D eigenvalue weighted by molar-refractivity contribution is 6.28. The number of hydrogen-bond acceptors (Lipinski definition) is 5. The average molecular weight is 436 g/mol. The second kappa shape index (κ2) is 7.60. The molecule has 0 aliphatic carbocycles. The number of nitrogens with zero attached hydrogens (tertiary/aromatic N) is 6. The topological polar surface area (TPSA) is 72.9 Å². The van der Waals surface area contributed by atoms with E-state index < -0.39 is 11.9 Å². The highest BCUT2D eigenvalue weighted by Gasteiger charge is 2.35. The zero-order valence-electron chi connectivity index (χ0n) is 16.0. The van der Waals surface area contributed by atoms with E-state index >= 15 is 0 Å². The van der Waals surface area contributed by atoms with E-state index in [0.29, 0.717) is 23.6 Å². The first-order valence-electron chi connectivity index (χ1n) is 9.08. The number of halogens is 4. The van der Waals surface area contributed by atoms with Gasteiger partial charge in [-0.2, -0.15) is 18.2 Å². The van der Waals surface area contributed by atoms with Gasteiger partial charge in [0.2, 0.25) is 5.28 Å². The van der Waals surface area contributed by atoms with Crippen LogP contribution in [0.3, 0.4) is 0 Å². The number of aromatic nitrogens is 6. The van der Waals surface area contributed by atoms with Crippen LogP contribution in [-0.2, 0) is 12.7 Å². The van der Waals surface area contributed by atoms with Crippen LogP contribution in [0.25, 0.3) is 17.0 Å². The lowest BCUT2D eigenvalue weighted by atomic mass is 10.1. The van der Waals surface area contributed by atoms with Gasteiger partial charge in [0, 0.05) is 36.7 Å². The zero-order chi connectivity index (χ0) is 21.5. The fourth-order valence-corrected chi connectivity index (χ4v) is 3.18. The lowest BCUT2D eigenvalue weighted by molar-refractivity contribution is -0.140. The summed E-state index contributed by atoms with van der Waals surface area (Å²) in [6, 6.07) is 6.97. The summed E-state index contributed by atoms with van der Waals surface area (Å²) >= 11 is 5.93. The van der Waals surface area contributed by atoms with Gasteiger partial charge in [0.05, 0.1) is 0 Å². The normalized spacial score (nSPS) is 12.1. The Morgan fingerprint density at radius 2 is 1.87 bits per heavy atom. The number of imidazole rings is 2. The number of rotatable bonds is 5. The third kappa shape index (κ3) is 3.95. The van der Waals surface area contributed by atoms with Crippen molar-refractivity contribution in [2.45, 2.75) is 32.6 Å². The third-order valence-electron chi connectivity index (χ3n) is 4.48. The van der Waals surface area contributed by atoms with E-state index in [1.165, 1.54) is 9.08 Å². The number of anilines is 1. The van der Waals surface area contributed by atoms with E-state index in [1.54, 1.807) is 24.5 Å². The predicted octanol–water partition coefficient (Wildman–Crippen LogP) is 4.85. The molecule has 0 saturated heterocycles. The van der Waals surface area contributed by atoms with Gasteiger partial charge in [0.15, 0.2) is 17.2 Å². The lowest BCUT2D eigenvalue weighted by Crippen LogP contribution is -2.06. The average Bonchev–Trinajstić information content (AvgIpc) is 3.33. The Bertz CT molecular complexity index is 1180. The molecule has 1 aromatic carbocycles. The van der Waals surface area contributed by atoms with Crippen LogP contribution in [0.15, 0.2) is 42.9 Å². The third-order valence-corrected chi connectivity index (χ3v) is 4.64. The fourth-order valence-electron chi connectivity index (χ4n) is 3.01. The van der Waals surface area contributed by atoms with Gasteiger partial charge >= 0.3 is 6.18 Å². The summed E-state index contributed by atoms with van der Waals surface area (Å²) in [5, 5.41) is 7.26. The molecule has 156 valence electrons. The summed E-state index contributed by atoms with van der Waals surface area (Å²) in [7, 11) is 0. The Hall–Kier alpha value is -3.14. The quantitative estimate of drug-likeness (QED) is 0.485. The first-order chi connectivity index (χ1) is 14.2. The molecule has 0 aliphatic rings. The van der Waals surface area contributed by atoms with Crippen molar-refractivity contribution in [1.29, 1.82) is 0 Å². The Kier molecular flexibility index (Phi) is 5.10. The van der Waals surface area contributed by atoms with Crippen LogP contribution in [0, 0.1) is 0 Å². The molecule has 3 heterocycles. The summed E-state index contributed by atoms with van der Waals surface area (Å²) < 4.78 is 42.3. The van der Waals surface area contributed by atoms with E-state index in [0.717, 1.165) is 11.8 Å². The SMILES string of the molecule is CC(C)n1cc(C(F)(F)F)nc1-c1ccc(CNc2nc(Cl)nn3ccnc23)cc1. The fraction of sp³-hybridized carbons (Fsp3) is 0.263. The van der Waals surface area contributed by atoms with Crippen molar-refractivity contribution in [2.24, 2.45) is 0 Å². The van der Waals surface area contributed by atoms with Gasteiger partial charge in [0.1, 0.15) is 5.82 Å². The monoisotopic (exact) mass is 435 g/mol. The molecule has 0 atom stereocenters. The standard InChI is InChI=1S/C19H17ClF3N7/c1-11(2)29-10-14(19(21,22)23)26-16(29)13-5-3-12(4-6-13)9-25-15-17-24-7-8-30(17)28-18(20)27-15/h3-8,10-11H,9H2,1-2H3,(H,25,27,28). The van der Waals surface area contributed by atoms with Gasteiger partial charge in [-0.3, -0.25) is 0 Å². The minimum absolute atomic E-state index is 0.0827. The Morgan fingerprint density at radius 3 is 2.53 bits per heavy atom. The molecule has 4 rings (SSSR count). The molecule has 0 unspecified atom stereocenters. The van der Waals surface area contributed by atoms with Crippen molar-refractivity contribution in [3.8, 4) is 11.4 Å². The maximum Gasteiger partial charge on any atom is 0.434 e. The van der Waals surface area contributed by atoms with Crippen molar-refractivity contribution in [1.82, 2.24) is 29.1 Å². The number of fused-ring (bicyclic) bond motifs is 1. The van der Waals surface area contributed by atoms with E-state index in [4.69, 9.17) is 11.6 Å². The molecule has 4 aromatic rings. The van der Waals surface area contributed by atoms with E-state index in [-0.39, 0.29) is 17.1 Å². The minimum atomic E-state index is -4.49. The molecule has 11 heteroatoms. The summed E-state index contributed by atoms with van der Waals surface area (Å²) in [5.41, 5.74) is 1.14. The van der Waals surface area contributed by atoms with E-state index in [2.05, 4.69) is 25.4 Å². The number of nitrogens with one attached hydrogen (secondary N) is 1. The van der Waals surface area contributed by atoms with Gasteiger partial charge in [0.25, 0.3) is 0 Å². The Morgan fingerprint density at radius 1 is 1.13 bits per heavy atom. The molecule has 0 amide bonds. The molecule has 0 spiro atoms. The number of hydrogen-bond donors (Lipinski definition) is 1. The summed E-state index contributed by atoms with van der Waals surface area (Å²) in [5.74, 6) is 0.757. The molecule has 3 aromatic heterocycles. The van der Waals surface area contributed by atoms with Gasteiger partial charge < -0.3 is 9.88 Å². The molecule has 7 nitrogen and oxygen atoms in total. The molecule has 0 aliphatic heterocycles. The highest BCUT2D eigenvalue weighted by atomic mass is 35.5. The van der Waals surface area contributed by atoms with Crippen LogP contribution in [0.1, 0.15) is 31.1 Å². The van der Waals surface area contributed by atoms with Crippen molar-refractivity contribution >= 4 is 23.1 Å². The molecular formula is C19H17ClF3N7. The molecule has 1 N–H and O–H groups in total. The smallest absolute Gasteiger partial charge is 0.363 e. The lowest BCUT2D eigenvalue weighted by Gasteiger charge is -2.12. The predicted molar refractivity (Wildman–Crippen MR) is 106 cm³/mol. The second-order valence-electron chi connectivity index (χ2n) is 6.92. The van der Waals surface area contributed by atoms with Crippen molar-refractivity contribution < 1.29 is 13.2 Å². The van der Waals surface area contributed by atoms with Crippen LogP contribution in [-0.4, -0.2) is 29.1 Å². The molecule has 30 heavy (non-hydrogen) atoms. The van der Waals surface area contributed by atoms with Crippen LogP contribution >= 0.6 is 11.6 Å². The molecule has 0 saturated carbocycles. The van der Waals surface area contributed by atoms with Crippen molar-refractivity contribution in [2.75, 3.05) is 5.32 Å². The van der Waals surface area contributed by atoms with Crippen molar-refractivity contribution in [3.63, 3.8) is 0 Å². The molecule has 0 bridgehead atoms. The van der Waals surface area contributed by atoms with Gasteiger partial charge in [-0.05, 0) is 31.0 Å². The first-order valence-corrected chi connectivity index (χ1v) is 9.46. The van der Waals surface area contributed by atoms with Gasteiger partial charge in [-0.15, -0.1) is 5.10 Å².